The van der Waals surface area contributed by atoms with Gasteiger partial charge in [-0.1, -0.05) is 45.7 Å². The van der Waals surface area contributed by atoms with Gasteiger partial charge in [0.2, 0.25) is 0 Å². The number of hydrogen-bond donors (Lipinski definition) is 4. The highest BCUT2D eigenvalue weighted by molar-refractivity contribution is 9.11. The summed E-state index contributed by atoms with van der Waals surface area (Å²) in [7, 11) is 1.27. The zero-order valence-corrected chi connectivity index (χ0v) is 28.5. The van der Waals surface area contributed by atoms with Crippen molar-refractivity contribution in [3.8, 4) is 17.2 Å². The number of methoxy groups -OCH3 is 1. The second-order valence-electron chi connectivity index (χ2n) is 9.64. The Balaban J connectivity index is 1.43. The number of esters is 1. The van der Waals surface area contributed by atoms with E-state index >= 15 is 0 Å². The number of halogens is 3. The van der Waals surface area contributed by atoms with E-state index in [0.717, 1.165) is 10.0 Å². The maximum Gasteiger partial charge on any atom is 0.337 e. The number of hydrogen-bond acceptors (Lipinski definition) is 9. The van der Waals surface area contributed by atoms with Crippen molar-refractivity contribution in [3.63, 3.8) is 0 Å². The summed E-state index contributed by atoms with van der Waals surface area (Å²) in [5.41, 5.74) is 5.43. The molecular formula is C31H31Br2ClN4O7. The van der Waals surface area contributed by atoms with Gasteiger partial charge in [-0.25, -0.2) is 9.59 Å². The van der Waals surface area contributed by atoms with Gasteiger partial charge >= 0.3 is 12.0 Å². The van der Waals surface area contributed by atoms with Gasteiger partial charge in [-0.15, -0.1) is 0 Å². The molecule has 2 amide bonds. The molecule has 1 aliphatic rings. The average Bonchev–Trinajstić information content (AvgIpc) is 2.99. The molecule has 3 aromatic rings. The molecule has 0 bridgehead atoms. The highest BCUT2D eigenvalue weighted by Crippen LogP contribution is 2.35. The Bertz CT molecular complexity index is 1620. The molecule has 45 heavy (non-hydrogen) atoms. The summed E-state index contributed by atoms with van der Waals surface area (Å²) in [6, 6.07) is 14.9. The first-order valence-electron chi connectivity index (χ1n) is 13.7. The average molecular weight is 767 g/mol. The second-order valence-corrected chi connectivity index (χ2v) is 11.8. The van der Waals surface area contributed by atoms with Gasteiger partial charge in [0.15, 0.2) is 17.7 Å². The summed E-state index contributed by atoms with van der Waals surface area (Å²) in [6.45, 7) is 3.88. The van der Waals surface area contributed by atoms with Crippen LogP contribution in [0.15, 0.2) is 79.9 Å². The van der Waals surface area contributed by atoms with Crippen LogP contribution >= 0.6 is 43.5 Å². The molecule has 1 aliphatic heterocycles. The fourth-order valence-corrected chi connectivity index (χ4v) is 6.01. The van der Waals surface area contributed by atoms with E-state index in [2.05, 4.69) is 53.0 Å². The van der Waals surface area contributed by atoms with E-state index < -0.39 is 24.3 Å². The van der Waals surface area contributed by atoms with E-state index in [4.69, 9.17) is 30.5 Å². The number of urea groups is 1. The lowest BCUT2D eigenvalue weighted by Crippen LogP contribution is -2.45. The van der Waals surface area contributed by atoms with Gasteiger partial charge in [-0.3, -0.25) is 5.43 Å². The van der Waals surface area contributed by atoms with Crippen LogP contribution in [0, 0.1) is 0 Å². The summed E-state index contributed by atoms with van der Waals surface area (Å²) in [5, 5.41) is 20.7. The normalized spacial score (nSPS) is 15.3. The molecule has 1 heterocycles. The van der Waals surface area contributed by atoms with Crippen LogP contribution in [0.4, 0.5) is 4.79 Å². The van der Waals surface area contributed by atoms with E-state index in [0.29, 0.717) is 50.2 Å². The zero-order chi connectivity index (χ0) is 32.5. The Hall–Kier alpha value is -3.78. The predicted octanol–water partition coefficient (Wildman–Crippen LogP) is 5.96. The van der Waals surface area contributed by atoms with Crippen LogP contribution in [0.2, 0.25) is 5.02 Å². The van der Waals surface area contributed by atoms with Gasteiger partial charge in [0.25, 0.3) is 0 Å². The molecule has 11 nitrogen and oxygen atoms in total. The molecule has 0 spiro atoms. The maximum absolute atomic E-state index is 12.5. The van der Waals surface area contributed by atoms with Crippen molar-refractivity contribution in [2.75, 3.05) is 20.3 Å². The Morgan fingerprint density at radius 1 is 1.13 bits per heavy atom. The molecule has 0 saturated heterocycles. The minimum Gasteiger partial charge on any atom is -0.490 e. The molecule has 238 valence electrons. The summed E-state index contributed by atoms with van der Waals surface area (Å²) >= 11 is 13.1. The van der Waals surface area contributed by atoms with Crippen molar-refractivity contribution in [2.45, 2.75) is 32.7 Å². The number of aliphatic hydroxyl groups is 1. The number of nitrogens with one attached hydrogen (secondary N) is 3. The third kappa shape index (κ3) is 9.13. The molecule has 0 fully saturated rings. The third-order valence-corrected chi connectivity index (χ3v) is 7.69. The van der Waals surface area contributed by atoms with E-state index in [1.54, 1.807) is 31.2 Å². The van der Waals surface area contributed by atoms with E-state index in [1.807, 2.05) is 37.3 Å². The lowest BCUT2D eigenvalue weighted by molar-refractivity contribution is -0.136. The lowest BCUT2D eigenvalue weighted by atomic mass is 9.95. The number of amides is 2. The fraction of sp³-hybridized carbons (Fsp3) is 0.258. The van der Waals surface area contributed by atoms with Crippen molar-refractivity contribution in [3.05, 3.63) is 96.5 Å². The van der Waals surface area contributed by atoms with Crippen LogP contribution < -0.4 is 30.3 Å². The Labute approximate surface area is 282 Å². The van der Waals surface area contributed by atoms with Gasteiger partial charge < -0.3 is 34.7 Å². The Kier molecular flexibility index (Phi) is 12.1. The number of carbonyl (C=O) groups excluding carboxylic acids is 2. The van der Waals surface area contributed by atoms with Crippen LogP contribution in [0.5, 0.6) is 17.2 Å². The number of rotatable bonds is 13. The Morgan fingerprint density at radius 2 is 1.93 bits per heavy atom. The van der Waals surface area contributed by atoms with Gasteiger partial charge in [0.05, 0.1) is 36.0 Å². The van der Waals surface area contributed by atoms with Crippen LogP contribution in [-0.4, -0.2) is 49.9 Å². The first-order chi connectivity index (χ1) is 21.6. The molecule has 0 unspecified atom stereocenters. The quantitative estimate of drug-likeness (QED) is 0.0724. The molecule has 2 atom stereocenters. The van der Waals surface area contributed by atoms with E-state index in [-0.39, 0.29) is 18.8 Å². The molecule has 0 radical (unpaired) electrons. The second kappa shape index (κ2) is 16.0. The highest BCUT2D eigenvalue weighted by atomic mass is 79.9. The topological polar surface area (TPSA) is 140 Å². The fourth-order valence-electron chi connectivity index (χ4n) is 4.43. The van der Waals surface area contributed by atoms with Crippen LogP contribution in [0.1, 0.15) is 36.6 Å². The lowest BCUT2D eigenvalue weighted by Gasteiger charge is -2.28. The molecule has 3 aromatic carbocycles. The van der Waals surface area contributed by atoms with Crippen LogP contribution in [-0.2, 0) is 16.1 Å². The van der Waals surface area contributed by atoms with E-state index in [1.165, 1.54) is 13.3 Å². The maximum atomic E-state index is 12.5. The van der Waals surface area contributed by atoms with Crippen molar-refractivity contribution in [1.29, 1.82) is 0 Å². The largest absolute Gasteiger partial charge is 0.490 e. The Morgan fingerprint density at radius 3 is 2.67 bits per heavy atom. The minimum absolute atomic E-state index is 0.173. The smallest absolute Gasteiger partial charge is 0.337 e. The summed E-state index contributed by atoms with van der Waals surface area (Å²) in [6.07, 6.45) is 0.343. The van der Waals surface area contributed by atoms with Gasteiger partial charge in [-0.05, 0) is 77.3 Å². The predicted molar refractivity (Wildman–Crippen MR) is 177 cm³/mol. The molecule has 14 heteroatoms. The van der Waals surface area contributed by atoms with Crippen molar-refractivity contribution >= 4 is 61.7 Å². The molecule has 0 aliphatic carbocycles. The number of benzene rings is 3. The highest BCUT2D eigenvalue weighted by Gasteiger charge is 2.32. The molecule has 0 aromatic heterocycles. The number of hydrazone groups is 1. The SMILES string of the molecule is CCOc1cc([C@@H]2NC(=O)NC(C)=C2C(=O)OC)ccc1OC[C@@H](O)N/N=C/c1cc(Br)cc(Br)c1OCc1cccc(Cl)c1. The van der Waals surface area contributed by atoms with Gasteiger partial charge in [0.1, 0.15) is 19.0 Å². The summed E-state index contributed by atoms with van der Waals surface area (Å²) in [5.74, 6) is 0.689. The molecule has 4 rings (SSSR count). The van der Waals surface area contributed by atoms with Crippen LogP contribution in [0.3, 0.4) is 0 Å². The minimum atomic E-state index is -1.18. The van der Waals surface area contributed by atoms with Crippen LogP contribution in [0.25, 0.3) is 0 Å². The molecule has 0 saturated carbocycles. The summed E-state index contributed by atoms with van der Waals surface area (Å²) < 4.78 is 24.1. The van der Waals surface area contributed by atoms with Crippen molar-refractivity contribution in [2.24, 2.45) is 5.10 Å². The molecular weight excluding hydrogens is 736 g/mol. The number of aliphatic hydroxyl groups excluding tert-OH is 1. The third-order valence-electron chi connectivity index (χ3n) is 6.41. The van der Waals surface area contributed by atoms with Gasteiger partial charge in [-0.2, -0.15) is 5.10 Å². The van der Waals surface area contributed by atoms with Crippen molar-refractivity contribution in [1.82, 2.24) is 16.1 Å². The van der Waals surface area contributed by atoms with Crippen molar-refractivity contribution < 1.29 is 33.6 Å². The monoisotopic (exact) mass is 764 g/mol. The number of nitrogens with zero attached hydrogens (tertiary/aromatic N) is 1. The number of carbonyl (C=O) groups is 2. The standard InChI is InChI=1S/C31H31Br2ClN4O7/c1-4-43-25-12-19(28-27(30(40)42-3)17(2)36-31(41)37-28)8-9-24(25)44-16-26(39)38-35-14-20-11-21(32)13-23(33)29(20)45-15-18-6-5-7-22(34)10-18/h5-14,26,28,38-39H,4,15-16H2,1-3H3,(H2,36,37,41)/b35-14+/t26-,28+/m1/s1. The number of ether oxygens (including phenoxy) is 4. The first kappa shape index (κ1) is 34.1. The van der Waals surface area contributed by atoms with Gasteiger partial charge in [0, 0.05) is 20.8 Å². The number of allylic oxidation sites excluding steroid dienone is 1. The zero-order valence-electron chi connectivity index (χ0n) is 24.5. The first-order valence-corrected chi connectivity index (χ1v) is 15.6. The van der Waals surface area contributed by atoms with E-state index in [9.17, 15) is 14.7 Å². The summed E-state index contributed by atoms with van der Waals surface area (Å²) in [4.78, 5) is 24.6. The molecule has 4 N–H and O–H groups in total.